The summed E-state index contributed by atoms with van der Waals surface area (Å²) in [6, 6.07) is 0. The van der Waals surface area contributed by atoms with E-state index in [0.29, 0.717) is 25.7 Å². The SMILES string of the molecule is CC(C)C1C=CC(C2CCC3(C)C4CCC5C(C)(C)C(OC6OC(CO)C(OC7OC(CO)C(O)C(O)C7O)C(O)C6O)C=CC5(C)C4(O)C=CC23C=O)C(=O)O1. The molecule has 320 valence electrons. The second-order valence-corrected chi connectivity index (χ2v) is 19.0. The molecular formula is C42H62O15. The lowest BCUT2D eigenvalue weighted by molar-refractivity contribution is -0.365. The molecule has 0 aromatic carbocycles. The predicted molar refractivity (Wildman–Crippen MR) is 199 cm³/mol. The highest BCUT2D eigenvalue weighted by Crippen LogP contribution is 2.73. The van der Waals surface area contributed by atoms with Crippen LogP contribution in [0.4, 0.5) is 0 Å². The van der Waals surface area contributed by atoms with E-state index in [4.69, 9.17) is 23.7 Å². The normalized spacial score (nSPS) is 52.9. The van der Waals surface area contributed by atoms with Gasteiger partial charge in [-0.3, -0.25) is 4.79 Å². The number of ether oxygens (including phenoxy) is 5. The second kappa shape index (κ2) is 15.1. The van der Waals surface area contributed by atoms with E-state index >= 15 is 0 Å². The second-order valence-electron chi connectivity index (χ2n) is 19.0. The van der Waals surface area contributed by atoms with Crippen LogP contribution in [0.15, 0.2) is 36.5 Å². The third-order valence-electron chi connectivity index (χ3n) is 15.6. The minimum atomic E-state index is -1.79. The van der Waals surface area contributed by atoms with E-state index in [1.54, 1.807) is 6.08 Å². The fraction of sp³-hybridized carbons (Fsp3) is 0.810. The van der Waals surface area contributed by atoms with E-state index in [0.717, 1.165) is 6.29 Å². The van der Waals surface area contributed by atoms with Crippen molar-refractivity contribution in [2.75, 3.05) is 13.2 Å². The summed E-state index contributed by atoms with van der Waals surface area (Å²) in [6.07, 6.45) is -1.94. The molecule has 0 bridgehead atoms. The molecule has 15 nitrogen and oxygen atoms in total. The molecule has 0 aromatic rings. The summed E-state index contributed by atoms with van der Waals surface area (Å²) < 4.78 is 29.3. The molecule has 7 rings (SSSR count). The van der Waals surface area contributed by atoms with Crippen molar-refractivity contribution in [2.24, 2.45) is 51.2 Å². The van der Waals surface area contributed by atoms with Crippen LogP contribution in [-0.2, 0) is 33.3 Å². The number of aliphatic hydroxyl groups is 8. The van der Waals surface area contributed by atoms with Crippen LogP contribution in [-0.4, -0.2) is 146 Å². The average Bonchev–Trinajstić information content (AvgIpc) is 3.48. The van der Waals surface area contributed by atoms with E-state index in [9.17, 15) is 50.4 Å². The number of carbonyl (C=O) groups is 2. The number of allylic oxidation sites excluding steroid dienone is 1. The van der Waals surface area contributed by atoms with Crippen LogP contribution in [0.5, 0.6) is 0 Å². The third kappa shape index (κ3) is 6.29. The van der Waals surface area contributed by atoms with Gasteiger partial charge in [0.15, 0.2) is 12.6 Å². The highest BCUT2D eigenvalue weighted by molar-refractivity contribution is 5.79. The smallest absolute Gasteiger partial charge is 0.313 e. The molecule has 8 N–H and O–H groups in total. The maximum absolute atomic E-state index is 13.4. The molecule has 0 aromatic heterocycles. The number of hydrogen-bond donors (Lipinski definition) is 8. The zero-order chi connectivity index (χ0) is 41.6. The Bertz CT molecular complexity index is 1610. The van der Waals surface area contributed by atoms with Crippen LogP contribution >= 0.6 is 0 Å². The van der Waals surface area contributed by atoms with E-state index in [1.807, 2.05) is 65.0 Å². The Morgan fingerprint density at radius 3 is 2.05 bits per heavy atom. The Morgan fingerprint density at radius 2 is 1.42 bits per heavy atom. The molecule has 0 amide bonds. The molecule has 20 unspecified atom stereocenters. The molecule has 2 saturated carbocycles. The minimum Gasteiger partial charge on any atom is -0.457 e. The van der Waals surface area contributed by atoms with Crippen LogP contribution in [0.1, 0.15) is 67.2 Å². The monoisotopic (exact) mass is 806 g/mol. The molecule has 7 aliphatic rings. The van der Waals surface area contributed by atoms with Crippen molar-refractivity contribution in [3.63, 3.8) is 0 Å². The van der Waals surface area contributed by atoms with Crippen molar-refractivity contribution < 1.29 is 74.1 Å². The number of aliphatic hydroxyl groups excluding tert-OH is 7. The fourth-order valence-electron chi connectivity index (χ4n) is 12.1. The first-order chi connectivity index (χ1) is 26.8. The number of fused-ring (bicyclic) bond motifs is 5. The van der Waals surface area contributed by atoms with Crippen molar-refractivity contribution >= 4 is 12.3 Å². The number of hydrogen-bond acceptors (Lipinski definition) is 15. The molecule has 15 heteroatoms. The van der Waals surface area contributed by atoms with Crippen LogP contribution in [0, 0.1) is 51.2 Å². The summed E-state index contributed by atoms with van der Waals surface area (Å²) >= 11 is 0. The van der Waals surface area contributed by atoms with Gasteiger partial charge < -0.3 is 69.3 Å². The lowest BCUT2D eigenvalue weighted by Crippen LogP contribution is -2.69. The van der Waals surface area contributed by atoms with Gasteiger partial charge in [-0.05, 0) is 66.3 Å². The molecule has 3 aliphatic heterocycles. The largest absolute Gasteiger partial charge is 0.457 e. The van der Waals surface area contributed by atoms with Gasteiger partial charge in [0.25, 0.3) is 0 Å². The quantitative estimate of drug-likeness (QED) is 0.0887. The van der Waals surface area contributed by atoms with Gasteiger partial charge in [0.2, 0.25) is 0 Å². The van der Waals surface area contributed by atoms with Gasteiger partial charge in [-0.1, -0.05) is 71.9 Å². The van der Waals surface area contributed by atoms with Gasteiger partial charge in [-0.15, -0.1) is 0 Å². The Hall–Kier alpha value is -2.12. The van der Waals surface area contributed by atoms with Crippen LogP contribution in [0.2, 0.25) is 0 Å². The van der Waals surface area contributed by atoms with Gasteiger partial charge >= 0.3 is 5.97 Å². The maximum Gasteiger partial charge on any atom is 0.313 e. The van der Waals surface area contributed by atoms with E-state index in [1.165, 1.54) is 0 Å². The third-order valence-corrected chi connectivity index (χ3v) is 15.6. The molecule has 20 atom stereocenters. The highest BCUT2D eigenvalue weighted by atomic mass is 16.7. The van der Waals surface area contributed by atoms with Crippen molar-refractivity contribution in [3.05, 3.63) is 36.5 Å². The lowest BCUT2D eigenvalue weighted by atomic mass is 9.39. The molecule has 0 radical (unpaired) electrons. The summed E-state index contributed by atoms with van der Waals surface area (Å²) in [5.74, 6) is -1.58. The molecule has 3 heterocycles. The Kier molecular flexibility index (Phi) is 11.4. The molecule has 4 fully saturated rings. The molecule has 2 saturated heterocycles. The summed E-state index contributed by atoms with van der Waals surface area (Å²) in [5, 5.41) is 86.3. The van der Waals surface area contributed by atoms with E-state index in [2.05, 4.69) is 6.92 Å². The lowest BCUT2D eigenvalue weighted by Gasteiger charge is -2.67. The van der Waals surface area contributed by atoms with Gasteiger partial charge in [0.05, 0.1) is 36.3 Å². The number of cyclic esters (lactones) is 1. The van der Waals surface area contributed by atoms with Gasteiger partial charge in [0.1, 0.15) is 61.2 Å². The Balaban J connectivity index is 1.12. The summed E-state index contributed by atoms with van der Waals surface area (Å²) in [6.45, 7) is 10.7. The first-order valence-electron chi connectivity index (χ1n) is 20.5. The zero-order valence-electron chi connectivity index (χ0n) is 33.5. The van der Waals surface area contributed by atoms with Gasteiger partial charge in [-0.25, -0.2) is 0 Å². The minimum absolute atomic E-state index is 0.128. The van der Waals surface area contributed by atoms with Crippen molar-refractivity contribution in [1.82, 2.24) is 0 Å². The first-order valence-corrected chi connectivity index (χ1v) is 20.5. The summed E-state index contributed by atoms with van der Waals surface area (Å²) in [7, 11) is 0. The number of aldehydes is 1. The molecule has 4 aliphatic carbocycles. The first kappa shape index (κ1) is 43.0. The number of rotatable bonds is 9. The average molecular weight is 807 g/mol. The highest BCUT2D eigenvalue weighted by Gasteiger charge is 2.73. The Morgan fingerprint density at radius 1 is 0.789 bits per heavy atom. The molecular weight excluding hydrogens is 744 g/mol. The number of carbonyl (C=O) groups excluding carboxylic acids is 2. The van der Waals surface area contributed by atoms with E-state index < -0.39 is 114 Å². The standard InChI is InChI=1S/C42H62O15/c1-20(2)23-8-7-21(35(51)53-23)22-11-13-39(5)27-10-9-26-38(3,4)28(12-14-40(26,6)42(27,52)16-15-41(22,39)19-45)56-36-33(50)31(48)34(25(18-44)55-36)57-37-32(49)30(47)29(46)24(17-43)54-37/h7-8,12,14-16,19-34,36-37,43-44,46-50,52H,9-11,13,17-18H2,1-6H3. The molecule has 0 spiro atoms. The van der Waals surface area contributed by atoms with Gasteiger partial charge in [0, 0.05) is 5.41 Å². The van der Waals surface area contributed by atoms with Crippen molar-refractivity contribution in [2.45, 2.75) is 146 Å². The van der Waals surface area contributed by atoms with Gasteiger partial charge in [-0.2, -0.15) is 0 Å². The van der Waals surface area contributed by atoms with Crippen molar-refractivity contribution in [1.29, 1.82) is 0 Å². The van der Waals surface area contributed by atoms with E-state index in [-0.39, 0.29) is 35.7 Å². The van der Waals surface area contributed by atoms with Crippen LogP contribution in [0.3, 0.4) is 0 Å². The number of esters is 1. The fourth-order valence-corrected chi connectivity index (χ4v) is 12.1. The zero-order valence-corrected chi connectivity index (χ0v) is 33.5. The topological polar surface area (TPSA) is 242 Å². The van der Waals surface area contributed by atoms with Crippen LogP contribution < -0.4 is 0 Å². The molecule has 57 heavy (non-hydrogen) atoms. The summed E-state index contributed by atoms with van der Waals surface area (Å²) in [4.78, 5) is 26.8. The summed E-state index contributed by atoms with van der Waals surface area (Å²) in [5.41, 5.74) is -4.54. The van der Waals surface area contributed by atoms with Crippen molar-refractivity contribution in [3.8, 4) is 0 Å². The Labute approximate surface area is 333 Å². The van der Waals surface area contributed by atoms with Crippen LogP contribution in [0.25, 0.3) is 0 Å². The maximum atomic E-state index is 13.4. The predicted octanol–water partition coefficient (Wildman–Crippen LogP) is 0.281.